The summed E-state index contributed by atoms with van der Waals surface area (Å²) in [6.45, 7) is 6.93. The number of fused-ring (bicyclic) bond motifs is 1. The third kappa shape index (κ3) is 2.53. The lowest BCUT2D eigenvalue weighted by atomic mass is 10.1. The first-order chi connectivity index (χ1) is 12.4. The van der Waals surface area contributed by atoms with Crippen LogP contribution in [-0.2, 0) is 16.6 Å². The summed E-state index contributed by atoms with van der Waals surface area (Å²) in [6, 6.07) is 3.80. The maximum Gasteiger partial charge on any atom is 0.248 e. The molecule has 0 radical (unpaired) electrons. The SMILES string of the molecule is CCn1c([C@@H]2CCN(S(=O)(=O)c3c(C)noc3C)C2)nc2cccnc21. The zero-order valence-corrected chi connectivity index (χ0v) is 15.8. The van der Waals surface area contributed by atoms with Crippen LogP contribution in [0.2, 0.25) is 0 Å². The monoisotopic (exact) mass is 375 g/mol. The second-order valence-electron chi connectivity index (χ2n) is 6.56. The second-order valence-corrected chi connectivity index (χ2v) is 8.44. The Morgan fingerprint density at radius 2 is 2.15 bits per heavy atom. The van der Waals surface area contributed by atoms with E-state index in [2.05, 4.69) is 14.7 Å². The number of aromatic nitrogens is 4. The molecule has 1 saturated heterocycles. The van der Waals surface area contributed by atoms with Gasteiger partial charge in [-0.15, -0.1) is 0 Å². The number of hydrogen-bond acceptors (Lipinski definition) is 6. The molecule has 1 aliphatic heterocycles. The number of imidazole rings is 1. The maximum atomic E-state index is 13.0. The van der Waals surface area contributed by atoms with Crippen LogP contribution in [0.5, 0.6) is 0 Å². The van der Waals surface area contributed by atoms with Gasteiger partial charge < -0.3 is 9.09 Å². The Labute approximate surface area is 151 Å². The van der Waals surface area contributed by atoms with Crippen LogP contribution in [0, 0.1) is 13.8 Å². The number of pyridine rings is 1. The fraction of sp³-hybridized carbons (Fsp3) is 0.471. The van der Waals surface area contributed by atoms with Gasteiger partial charge in [0.05, 0.1) is 0 Å². The summed E-state index contributed by atoms with van der Waals surface area (Å²) in [7, 11) is -3.62. The molecular formula is C17H21N5O3S. The van der Waals surface area contributed by atoms with Crippen LogP contribution in [0.25, 0.3) is 11.2 Å². The molecule has 4 heterocycles. The molecule has 0 aromatic carbocycles. The lowest BCUT2D eigenvalue weighted by molar-refractivity contribution is 0.389. The number of aryl methyl sites for hydroxylation is 3. The normalized spacial score (nSPS) is 18.8. The number of hydrogen-bond donors (Lipinski definition) is 0. The highest BCUT2D eigenvalue weighted by Crippen LogP contribution is 2.33. The van der Waals surface area contributed by atoms with Gasteiger partial charge in [-0.1, -0.05) is 5.16 Å². The van der Waals surface area contributed by atoms with Crippen molar-refractivity contribution in [3.63, 3.8) is 0 Å². The number of nitrogens with zero attached hydrogens (tertiary/aromatic N) is 5. The minimum absolute atomic E-state index is 0.0411. The zero-order chi connectivity index (χ0) is 18.5. The van der Waals surface area contributed by atoms with E-state index in [4.69, 9.17) is 9.51 Å². The van der Waals surface area contributed by atoms with Gasteiger partial charge in [-0.25, -0.2) is 18.4 Å². The van der Waals surface area contributed by atoms with Crippen LogP contribution in [0.4, 0.5) is 0 Å². The van der Waals surface area contributed by atoms with Gasteiger partial charge in [-0.3, -0.25) is 0 Å². The van der Waals surface area contributed by atoms with Crippen molar-refractivity contribution in [3.8, 4) is 0 Å². The Balaban J connectivity index is 1.67. The molecule has 3 aromatic heterocycles. The van der Waals surface area contributed by atoms with Gasteiger partial charge in [0.1, 0.15) is 21.9 Å². The van der Waals surface area contributed by atoms with Gasteiger partial charge in [0.15, 0.2) is 11.4 Å². The Bertz CT molecular complexity index is 1050. The first-order valence-corrected chi connectivity index (χ1v) is 10.1. The Kier molecular flexibility index (Phi) is 4.07. The van der Waals surface area contributed by atoms with E-state index in [1.165, 1.54) is 4.31 Å². The van der Waals surface area contributed by atoms with Crippen molar-refractivity contribution in [1.82, 2.24) is 24.0 Å². The second kappa shape index (κ2) is 6.17. The smallest absolute Gasteiger partial charge is 0.248 e. The molecule has 1 atom stereocenters. The van der Waals surface area contributed by atoms with E-state index >= 15 is 0 Å². The molecule has 0 amide bonds. The van der Waals surface area contributed by atoms with E-state index in [0.29, 0.717) is 24.5 Å². The Morgan fingerprint density at radius 1 is 1.35 bits per heavy atom. The van der Waals surface area contributed by atoms with E-state index in [9.17, 15) is 8.42 Å². The summed E-state index contributed by atoms with van der Waals surface area (Å²) in [5, 5.41) is 3.78. The van der Waals surface area contributed by atoms with Gasteiger partial charge in [-0.2, -0.15) is 4.31 Å². The molecule has 138 valence electrons. The van der Waals surface area contributed by atoms with E-state index in [0.717, 1.165) is 30.0 Å². The molecule has 3 aromatic rings. The van der Waals surface area contributed by atoms with Crippen molar-refractivity contribution in [2.24, 2.45) is 0 Å². The van der Waals surface area contributed by atoms with Crippen molar-refractivity contribution in [1.29, 1.82) is 0 Å². The van der Waals surface area contributed by atoms with Crippen molar-refractivity contribution in [2.45, 2.75) is 44.6 Å². The average molecular weight is 375 g/mol. The quantitative estimate of drug-likeness (QED) is 0.694. The van der Waals surface area contributed by atoms with Crippen molar-refractivity contribution in [2.75, 3.05) is 13.1 Å². The van der Waals surface area contributed by atoms with Crippen LogP contribution in [0.15, 0.2) is 27.7 Å². The fourth-order valence-corrected chi connectivity index (χ4v) is 5.52. The van der Waals surface area contributed by atoms with Crippen molar-refractivity contribution in [3.05, 3.63) is 35.6 Å². The summed E-state index contributed by atoms with van der Waals surface area (Å²) in [5.74, 6) is 1.27. The molecule has 4 rings (SSSR count). The molecule has 0 N–H and O–H groups in total. The third-order valence-corrected chi connectivity index (χ3v) is 7.04. The molecular weight excluding hydrogens is 354 g/mol. The molecule has 26 heavy (non-hydrogen) atoms. The van der Waals surface area contributed by atoms with E-state index in [-0.39, 0.29) is 10.8 Å². The van der Waals surface area contributed by atoms with Gasteiger partial charge in [0.2, 0.25) is 10.0 Å². The highest BCUT2D eigenvalue weighted by molar-refractivity contribution is 7.89. The van der Waals surface area contributed by atoms with E-state index in [1.807, 2.05) is 19.1 Å². The van der Waals surface area contributed by atoms with Gasteiger partial charge in [-0.05, 0) is 39.3 Å². The molecule has 8 nitrogen and oxygen atoms in total. The van der Waals surface area contributed by atoms with Crippen molar-refractivity contribution >= 4 is 21.2 Å². The third-order valence-electron chi connectivity index (χ3n) is 4.93. The summed E-state index contributed by atoms with van der Waals surface area (Å²) in [5.41, 5.74) is 2.09. The highest BCUT2D eigenvalue weighted by atomic mass is 32.2. The molecule has 0 unspecified atom stereocenters. The summed E-state index contributed by atoms with van der Waals surface area (Å²) in [6.07, 6.45) is 2.48. The molecule has 0 spiro atoms. The summed E-state index contributed by atoms with van der Waals surface area (Å²) in [4.78, 5) is 9.34. The first-order valence-electron chi connectivity index (χ1n) is 8.67. The molecule has 0 aliphatic carbocycles. The first kappa shape index (κ1) is 17.2. The maximum absolute atomic E-state index is 13.0. The topological polar surface area (TPSA) is 94.1 Å². The zero-order valence-electron chi connectivity index (χ0n) is 15.0. The Hall–Kier alpha value is -2.26. The summed E-state index contributed by atoms with van der Waals surface area (Å²) >= 11 is 0. The molecule has 0 bridgehead atoms. The van der Waals surface area contributed by atoms with Gasteiger partial charge in [0.25, 0.3) is 0 Å². The van der Waals surface area contributed by atoms with Crippen LogP contribution in [-0.4, -0.2) is 45.5 Å². The van der Waals surface area contributed by atoms with E-state index in [1.54, 1.807) is 20.0 Å². The minimum atomic E-state index is -3.62. The predicted octanol–water partition coefficient (Wildman–Crippen LogP) is 2.23. The Morgan fingerprint density at radius 3 is 2.85 bits per heavy atom. The number of sulfonamides is 1. The molecule has 1 aliphatic rings. The van der Waals surface area contributed by atoms with Gasteiger partial charge in [0, 0.05) is 31.7 Å². The van der Waals surface area contributed by atoms with Crippen molar-refractivity contribution < 1.29 is 12.9 Å². The highest BCUT2D eigenvalue weighted by Gasteiger charge is 2.38. The lowest BCUT2D eigenvalue weighted by Crippen LogP contribution is -2.29. The minimum Gasteiger partial charge on any atom is -0.360 e. The molecule has 0 saturated carbocycles. The lowest BCUT2D eigenvalue weighted by Gasteiger charge is -2.16. The predicted molar refractivity (Wildman–Crippen MR) is 95.3 cm³/mol. The largest absolute Gasteiger partial charge is 0.360 e. The summed E-state index contributed by atoms with van der Waals surface area (Å²) < 4.78 is 34.7. The number of rotatable bonds is 4. The van der Waals surface area contributed by atoms with Gasteiger partial charge >= 0.3 is 0 Å². The van der Waals surface area contributed by atoms with Crippen LogP contribution >= 0.6 is 0 Å². The molecule has 9 heteroatoms. The van der Waals surface area contributed by atoms with Crippen LogP contribution in [0.3, 0.4) is 0 Å². The molecule has 1 fully saturated rings. The van der Waals surface area contributed by atoms with E-state index < -0.39 is 10.0 Å². The fourth-order valence-electron chi connectivity index (χ4n) is 3.73. The van der Waals surface area contributed by atoms with Crippen LogP contribution in [0.1, 0.15) is 36.5 Å². The van der Waals surface area contributed by atoms with Crippen LogP contribution < -0.4 is 0 Å². The average Bonchev–Trinajstić information content (AvgIpc) is 3.31. The standard InChI is InChI=1S/C17H21N5O3S/c1-4-22-16(19-14-6-5-8-18-17(14)22)13-7-9-21(10-13)26(23,24)15-11(2)20-25-12(15)3/h5-6,8,13H,4,7,9-10H2,1-3H3/t13-/m1/s1.